The van der Waals surface area contributed by atoms with Gasteiger partial charge >= 0.3 is 6.09 Å². The number of benzene rings is 1. The minimum Gasteiger partial charge on any atom is -0.449 e. The van der Waals surface area contributed by atoms with Gasteiger partial charge < -0.3 is 14.5 Å². The minimum absolute atomic E-state index is 0.0663. The van der Waals surface area contributed by atoms with Gasteiger partial charge in [-0.1, -0.05) is 24.6 Å². The van der Waals surface area contributed by atoms with Crippen molar-refractivity contribution in [1.82, 2.24) is 24.8 Å². The van der Waals surface area contributed by atoms with Crippen molar-refractivity contribution in [2.24, 2.45) is 0 Å². The molecule has 2 amide bonds. The van der Waals surface area contributed by atoms with E-state index in [4.69, 9.17) is 21.3 Å². The number of amides is 2. The summed E-state index contributed by atoms with van der Waals surface area (Å²) < 4.78 is 5.21. The predicted molar refractivity (Wildman–Crippen MR) is 133 cm³/mol. The predicted octanol–water partition coefficient (Wildman–Crippen LogP) is 4.26. The number of hydrogen-bond donors (Lipinski definition) is 0. The standard InChI is InChI=1S/C26H28ClN5O3/c1-2-11-35-26(34)32-9-7-31(8-10-32)25(33)18-4-6-21-23(13-18)30-22-12-17(3-5-20(22)24(21)27)19-14-28-16-29-15-19/h4,6,13-17H,2-3,5,7-12H2,1H3. The number of carbonyl (C=O) groups excluding carboxylic acids is 2. The van der Waals surface area contributed by atoms with Crippen LogP contribution in [0.2, 0.25) is 5.02 Å². The molecule has 0 bridgehead atoms. The molecule has 9 heteroatoms. The van der Waals surface area contributed by atoms with Gasteiger partial charge in [0, 0.05) is 55.2 Å². The van der Waals surface area contributed by atoms with Gasteiger partial charge in [-0.3, -0.25) is 9.78 Å². The van der Waals surface area contributed by atoms with E-state index in [2.05, 4.69) is 9.97 Å². The average Bonchev–Trinajstić information content (AvgIpc) is 2.91. The Labute approximate surface area is 209 Å². The Bertz CT molecular complexity index is 1240. The zero-order chi connectivity index (χ0) is 24.4. The van der Waals surface area contributed by atoms with Crippen LogP contribution >= 0.6 is 11.6 Å². The molecule has 2 aliphatic rings. The fourth-order valence-electron chi connectivity index (χ4n) is 4.88. The van der Waals surface area contributed by atoms with Crippen LogP contribution in [0.3, 0.4) is 0 Å². The normalized spacial score (nSPS) is 17.8. The van der Waals surface area contributed by atoms with Crippen LogP contribution in [0.15, 0.2) is 36.9 Å². The lowest BCUT2D eigenvalue weighted by molar-refractivity contribution is 0.0560. The molecule has 1 atom stereocenters. The maximum Gasteiger partial charge on any atom is 0.409 e. The number of pyridine rings is 1. The van der Waals surface area contributed by atoms with Gasteiger partial charge in [-0.2, -0.15) is 0 Å². The molecular formula is C26H28ClN5O3. The molecule has 182 valence electrons. The van der Waals surface area contributed by atoms with Crippen molar-refractivity contribution < 1.29 is 14.3 Å². The summed E-state index contributed by atoms with van der Waals surface area (Å²) >= 11 is 6.81. The number of rotatable bonds is 4. The molecule has 1 aromatic carbocycles. The molecule has 1 unspecified atom stereocenters. The van der Waals surface area contributed by atoms with Crippen molar-refractivity contribution in [2.75, 3.05) is 32.8 Å². The summed E-state index contributed by atoms with van der Waals surface area (Å²) in [6.45, 7) is 4.23. The quantitative estimate of drug-likeness (QED) is 0.539. The minimum atomic E-state index is -0.311. The largest absolute Gasteiger partial charge is 0.449 e. The number of nitrogens with zero attached hydrogens (tertiary/aromatic N) is 5. The number of piperazine rings is 1. The van der Waals surface area contributed by atoms with Gasteiger partial charge in [0.05, 0.1) is 17.1 Å². The van der Waals surface area contributed by atoms with Crippen LogP contribution in [0.25, 0.3) is 10.9 Å². The molecule has 0 N–H and O–H groups in total. The maximum absolute atomic E-state index is 13.2. The number of aromatic nitrogens is 3. The van der Waals surface area contributed by atoms with Crippen molar-refractivity contribution >= 4 is 34.5 Å². The van der Waals surface area contributed by atoms with Gasteiger partial charge in [-0.05, 0) is 54.9 Å². The van der Waals surface area contributed by atoms with E-state index < -0.39 is 0 Å². The molecule has 0 spiro atoms. The van der Waals surface area contributed by atoms with Gasteiger partial charge in [0.25, 0.3) is 5.91 Å². The molecule has 3 aromatic rings. The van der Waals surface area contributed by atoms with Crippen LogP contribution in [0.4, 0.5) is 4.79 Å². The molecule has 1 aliphatic heterocycles. The third-order valence-electron chi connectivity index (χ3n) is 6.84. The molecule has 1 fully saturated rings. The number of carbonyl (C=O) groups is 2. The summed E-state index contributed by atoms with van der Waals surface area (Å²) in [4.78, 5) is 42.0. The van der Waals surface area contributed by atoms with Crippen molar-refractivity contribution in [3.05, 3.63) is 64.3 Å². The molecule has 3 heterocycles. The Balaban J connectivity index is 1.33. The zero-order valence-corrected chi connectivity index (χ0v) is 20.5. The highest BCUT2D eigenvalue weighted by atomic mass is 35.5. The van der Waals surface area contributed by atoms with E-state index in [1.54, 1.807) is 16.1 Å². The summed E-state index contributed by atoms with van der Waals surface area (Å²) in [5.41, 5.74) is 4.49. The van der Waals surface area contributed by atoms with Crippen molar-refractivity contribution in [3.8, 4) is 0 Å². The fourth-order valence-corrected chi connectivity index (χ4v) is 5.25. The second-order valence-corrected chi connectivity index (χ2v) is 9.47. The summed E-state index contributed by atoms with van der Waals surface area (Å²) in [7, 11) is 0. The molecule has 2 aromatic heterocycles. The molecule has 8 nitrogen and oxygen atoms in total. The first-order valence-electron chi connectivity index (χ1n) is 12.1. The lowest BCUT2D eigenvalue weighted by atomic mass is 9.83. The second-order valence-electron chi connectivity index (χ2n) is 9.09. The van der Waals surface area contributed by atoms with Crippen LogP contribution in [-0.4, -0.2) is 69.5 Å². The van der Waals surface area contributed by atoms with Crippen LogP contribution < -0.4 is 0 Å². The zero-order valence-electron chi connectivity index (χ0n) is 19.7. The van der Waals surface area contributed by atoms with Gasteiger partial charge in [0.15, 0.2) is 0 Å². The van der Waals surface area contributed by atoms with E-state index in [0.29, 0.717) is 44.3 Å². The Morgan fingerprint density at radius 2 is 1.86 bits per heavy atom. The first-order valence-corrected chi connectivity index (χ1v) is 12.5. The second kappa shape index (κ2) is 10.2. The van der Waals surface area contributed by atoms with Crippen molar-refractivity contribution in [2.45, 2.75) is 38.5 Å². The first kappa shape index (κ1) is 23.5. The Morgan fingerprint density at radius 3 is 2.60 bits per heavy atom. The Hall–Kier alpha value is -3.26. The molecule has 5 rings (SSSR count). The van der Waals surface area contributed by atoms with Crippen LogP contribution in [0.1, 0.15) is 52.9 Å². The van der Waals surface area contributed by atoms with Gasteiger partial charge in [-0.15, -0.1) is 0 Å². The van der Waals surface area contributed by atoms with E-state index in [9.17, 15) is 9.59 Å². The van der Waals surface area contributed by atoms with Gasteiger partial charge in [-0.25, -0.2) is 14.8 Å². The molecule has 35 heavy (non-hydrogen) atoms. The number of fused-ring (bicyclic) bond motifs is 2. The number of halogens is 1. The highest BCUT2D eigenvalue weighted by Crippen LogP contribution is 2.38. The summed E-state index contributed by atoms with van der Waals surface area (Å²) in [6.07, 6.45) is 8.34. The molecule has 1 aliphatic carbocycles. The van der Waals surface area contributed by atoms with E-state index in [1.165, 1.54) is 0 Å². The van der Waals surface area contributed by atoms with Gasteiger partial charge in [0.1, 0.15) is 6.33 Å². The first-order chi connectivity index (χ1) is 17.0. The number of ether oxygens (including phenoxy) is 1. The number of hydrogen-bond acceptors (Lipinski definition) is 6. The Kier molecular flexibility index (Phi) is 6.81. The lowest BCUT2D eigenvalue weighted by Gasteiger charge is -2.34. The monoisotopic (exact) mass is 493 g/mol. The van der Waals surface area contributed by atoms with E-state index in [0.717, 1.165) is 58.4 Å². The van der Waals surface area contributed by atoms with Crippen LogP contribution in [0, 0.1) is 0 Å². The molecule has 0 radical (unpaired) electrons. The summed E-state index contributed by atoms with van der Waals surface area (Å²) in [5.74, 6) is 0.235. The maximum atomic E-state index is 13.2. The summed E-state index contributed by atoms with van der Waals surface area (Å²) in [6, 6.07) is 5.55. The molecule has 1 saturated heterocycles. The highest BCUT2D eigenvalue weighted by Gasteiger charge is 2.27. The highest BCUT2D eigenvalue weighted by molar-refractivity contribution is 6.36. The van der Waals surface area contributed by atoms with Crippen molar-refractivity contribution in [1.29, 1.82) is 0 Å². The average molecular weight is 494 g/mol. The topological polar surface area (TPSA) is 88.5 Å². The van der Waals surface area contributed by atoms with E-state index in [-0.39, 0.29) is 12.0 Å². The van der Waals surface area contributed by atoms with E-state index >= 15 is 0 Å². The third kappa shape index (κ3) is 4.80. The van der Waals surface area contributed by atoms with E-state index in [1.807, 2.05) is 37.5 Å². The lowest BCUT2D eigenvalue weighted by Crippen LogP contribution is -2.50. The molecule has 0 saturated carbocycles. The van der Waals surface area contributed by atoms with Gasteiger partial charge in [0.2, 0.25) is 0 Å². The smallest absolute Gasteiger partial charge is 0.409 e. The third-order valence-corrected chi connectivity index (χ3v) is 7.27. The Morgan fingerprint density at radius 1 is 1.11 bits per heavy atom. The fraction of sp³-hybridized carbons (Fsp3) is 0.423. The SMILES string of the molecule is CCCOC(=O)N1CCN(C(=O)c2ccc3c(Cl)c4c(nc3c2)CC(c2cncnc2)CC4)CC1. The van der Waals surface area contributed by atoms with Crippen LogP contribution in [-0.2, 0) is 17.6 Å². The summed E-state index contributed by atoms with van der Waals surface area (Å²) in [5, 5.41) is 1.60. The van der Waals surface area contributed by atoms with Crippen LogP contribution in [0.5, 0.6) is 0 Å². The van der Waals surface area contributed by atoms with Crippen molar-refractivity contribution in [3.63, 3.8) is 0 Å². The molecular weight excluding hydrogens is 466 g/mol.